The summed E-state index contributed by atoms with van der Waals surface area (Å²) in [6.45, 7) is 9.35. The molecule has 7 heteroatoms. The third-order valence-corrected chi connectivity index (χ3v) is 2.29. The number of amides is 2. The van der Waals surface area contributed by atoms with Crippen molar-refractivity contribution < 1.29 is 19.2 Å². The van der Waals surface area contributed by atoms with Gasteiger partial charge in [-0.3, -0.25) is 4.79 Å². The third-order valence-electron chi connectivity index (χ3n) is 2.29. The summed E-state index contributed by atoms with van der Waals surface area (Å²) in [5, 5.41) is 9.06. The van der Waals surface area contributed by atoms with Crippen molar-refractivity contribution in [1.82, 2.24) is 10.6 Å². The first-order chi connectivity index (χ1) is 9.17. The topological polar surface area (TPSA) is 89.0 Å². The number of nitrogens with one attached hydrogen (secondary N) is 2. The van der Waals surface area contributed by atoms with Crippen molar-refractivity contribution in [2.24, 2.45) is 5.16 Å². The molecule has 0 fully saturated rings. The molecule has 0 radical (unpaired) electrons. The van der Waals surface area contributed by atoms with Gasteiger partial charge in [-0.15, -0.1) is 0 Å². The van der Waals surface area contributed by atoms with Gasteiger partial charge in [0.2, 0.25) is 0 Å². The van der Waals surface area contributed by atoms with Crippen LogP contribution >= 0.6 is 0 Å². The Morgan fingerprint density at radius 3 is 2.65 bits per heavy atom. The van der Waals surface area contributed by atoms with Crippen molar-refractivity contribution >= 4 is 17.7 Å². The summed E-state index contributed by atoms with van der Waals surface area (Å²) in [6.07, 6.45) is -0.481. The fraction of sp³-hybridized carbons (Fsp3) is 0.769. The minimum absolute atomic E-state index is 0.0455. The van der Waals surface area contributed by atoms with E-state index in [9.17, 15) is 9.59 Å². The summed E-state index contributed by atoms with van der Waals surface area (Å²) in [5.41, 5.74) is -0.200. The molecule has 0 aliphatic carbocycles. The SMILES string of the molecule is CC(C)NC(=O)C1=NOC(CNC(=O)OC(C)(C)C)C1. The minimum atomic E-state index is -0.542. The van der Waals surface area contributed by atoms with Gasteiger partial charge in [0.1, 0.15) is 11.3 Å². The van der Waals surface area contributed by atoms with Gasteiger partial charge in [0, 0.05) is 12.5 Å². The number of oxime groups is 1. The van der Waals surface area contributed by atoms with Gasteiger partial charge < -0.3 is 20.2 Å². The molecule has 20 heavy (non-hydrogen) atoms. The lowest BCUT2D eigenvalue weighted by Gasteiger charge is -2.20. The zero-order chi connectivity index (χ0) is 15.3. The number of alkyl carbamates (subject to hydrolysis) is 1. The van der Waals surface area contributed by atoms with E-state index in [1.54, 1.807) is 20.8 Å². The first kappa shape index (κ1) is 16.3. The van der Waals surface area contributed by atoms with Crippen LogP contribution in [0.15, 0.2) is 5.16 Å². The van der Waals surface area contributed by atoms with Crippen LogP contribution in [0.3, 0.4) is 0 Å². The fourth-order valence-corrected chi connectivity index (χ4v) is 1.53. The van der Waals surface area contributed by atoms with Crippen molar-refractivity contribution in [3.63, 3.8) is 0 Å². The van der Waals surface area contributed by atoms with E-state index in [4.69, 9.17) is 9.57 Å². The van der Waals surface area contributed by atoms with E-state index >= 15 is 0 Å². The maximum atomic E-state index is 11.7. The van der Waals surface area contributed by atoms with Crippen LogP contribution in [-0.4, -0.2) is 42.0 Å². The molecule has 0 aromatic heterocycles. The van der Waals surface area contributed by atoms with E-state index < -0.39 is 11.7 Å². The number of nitrogens with zero attached hydrogens (tertiary/aromatic N) is 1. The predicted octanol–water partition coefficient (Wildman–Crippen LogP) is 1.18. The van der Waals surface area contributed by atoms with Crippen LogP contribution in [0.2, 0.25) is 0 Å². The molecule has 0 saturated heterocycles. The largest absolute Gasteiger partial charge is 0.444 e. The lowest BCUT2D eigenvalue weighted by atomic mass is 10.1. The third kappa shape index (κ3) is 5.90. The first-order valence-electron chi connectivity index (χ1n) is 6.68. The Kier molecular flexibility index (Phi) is 5.35. The number of carbonyl (C=O) groups is 2. The maximum Gasteiger partial charge on any atom is 0.407 e. The van der Waals surface area contributed by atoms with Crippen molar-refractivity contribution in [2.75, 3.05) is 6.54 Å². The van der Waals surface area contributed by atoms with Gasteiger partial charge in [0.25, 0.3) is 5.91 Å². The zero-order valence-electron chi connectivity index (χ0n) is 12.6. The van der Waals surface area contributed by atoms with Crippen molar-refractivity contribution in [2.45, 2.75) is 58.8 Å². The molecule has 2 N–H and O–H groups in total. The molecule has 7 nitrogen and oxygen atoms in total. The number of hydrogen-bond donors (Lipinski definition) is 2. The molecule has 2 amide bonds. The van der Waals surface area contributed by atoms with Crippen LogP contribution in [0.5, 0.6) is 0 Å². The number of carbonyl (C=O) groups excluding carboxylic acids is 2. The number of hydrogen-bond acceptors (Lipinski definition) is 5. The highest BCUT2D eigenvalue weighted by molar-refractivity contribution is 6.39. The average Bonchev–Trinajstić information content (AvgIpc) is 2.71. The molecule has 0 aromatic rings. The summed E-state index contributed by atoms with van der Waals surface area (Å²) < 4.78 is 5.10. The molecule has 1 heterocycles. The van der Waals surface area contributed by atoms with Crippen LogP contribution in [0, 0.1) is 0 Å². The van der Waals surface area contributed by atoms with Gasteiger partial charge in [-0.2, -0.15) is 0 Å². The maximum absolute atomic E-state index is 11.7. The second-order valence-corrected chi connectivity index (χ2v) is 5.98. The Labute approximate surface area is 119 Å². The molecule has 1 atom stereocenters. The van der Waals surface area contributed by atoms with Gasteiger partial charge in [-0.1, -0.05) is 5.16 Å². The lowest BCUT2D eigenvalue weighted by Crippen LogP contribution is -2.38. The summed E-state index contributed by atoms with van der Waals surface area (Å²) >= 11 is 0. The monoisotopic (exact) mass is 285 g/mol. The van der Waals surface area contributed by atoms with Crippen LogP contribution < -0.4 is 10.6 Å². The molecular weight excluding hydrogens is 262 g/mol. The molecular formula is C13H23N3O4. The summed E-state index contributed by atoms with van der Waals surface area (Å²) in [4.78, 5) is 28.3. The highest BCUT2D eigenvalue weighted by Crippen LogP contribution is 2.11. The van der Waals surface area contributed by atoms with E-state index in [0.717, 1.165) is 0 Å². The predicted molar refractivity (Wildman–Crippen MR) is 74.4 cm³/mol. The molecule has 1 aliphatic rings. The van der Waals surface area contributed by atoms with Crippen molar-refractivity contribution in [1.29, 1.82) is 0 Å². The van der Waals surface area contributed by atoms with Gasteiger partial charge in [0.15, 0.2) is 6.10 Å². The Balaban J connectivity index is 2.30. The normalized spacial score (nSPS) is 18.3. The number of ether oxygens (including phenoxy) is 1. The fourth-order valence-electron chi connectivity index (χ4n) is 1.53. The minimum Gasteiger partial charge on any atom is -0.444 e. The average molecular weight is 285 g/mol. The highest BCUT2D eigenvalue weighted by Gasteiger charge is 2.27. The van der Waals surface area contributed by atoms with Gasteiger partial charge in [0.05, 0.1) is 6.54 Å². The van der Waals surface area contributed by atoms with Crippen LogP contribution in [0.25, 0.3) is 0 Å². The molecule has 0 bridgehead atoms. The molecule has 114 valence electrons. The first-order valence-corrected chi connectivity index (χ1v) is 6.68. The Hall–Kier alpha value is -1.79. The standard InChI is InChI=1S/C13H23N3O4/c1-8(2)15-11(17)10-6-9(20-16-10)7-14-12(18)19-13(3,4)5/h8-9H,6-7H2,1-5H3,(H,14,18)(H,15,17). The van der Waals surface area contributed by atoms with Crippen molar-refractivity contribution in [3.8, 4) is 0 Å². The van der Waals surface area contributed by atoms with E-state index in [1.165, 1.54) is 0 Å². The highest BCUT2D eigenvalue weighted by atomic mass is 16.6. The quantitative estimate of drug-likeness (QED) is 0.811. The second kappa shape index (κ2) is 6.58. The molecule has 0 aromatic carbocycles. The molecule has 1 rings (SSSR count). The smallest absolute Gasteiger partial charge is 0.407 e. The van der Waals surface area contributed by atoms with Gasteiger partial charge in [-0.05, 0) is 34.6 Å². The van der Waals surface area contributed by atoms with Gasteiger partial charge >= 0.3 is 6.09 Å². The molecule has 1 unspecified atom stereocenters. The molecule has 0 spiro atoms. The molecule has 0 saturated carbocycles. The van der Waals surface area contributed by atoms with E-state index in [-0.39, 0.29) is 24.6 Å². The van der Waals surface area contributed by atoms with E-state index in [0.29, 0.717) is 12.1 Å². The van der Waals surface area contributed by atoms with Crippen LogP contribution in [-0.2, 0) is 14.4 Å². The van der Waals surface area contributed by atoms with Crippen LogP contribution in [0.1, 0.15) is 41.0 Å². The zero-order valence-corrected chi connectivity index (χ0v) is 12.6. The molecule has 1 aliphatic heterocycles. The van der Waals surface area contributed by atoms with Crippen molar-refractivity contribution in [3.05, 3.63) is 0 Å². The second-order valence-electron chi connectivity index (χ2n) is 5.98. The summed E-state index contributed by atoms with van der Waals surface area (Å²) in [6, 6.07) is 0.0455. The number of rotatable bonds is 4. The Morgan fingerprint density at radius 1 is 1.45 bits per heavy atom. The Morgan fingerprint density at radius 2 is 2.10 bits per heavy atom. The summed E-state index contributed by atoms with van der Waals surface area (Å²) in [5.74, 6) is -0.236. The Bertz CT molecular complexity index is 399. The van der Waals surface area contributed by atoms with E-state index in [1.807, 2.05) is 13.8 Å². The van der Waals surface area contributed by atoms with Gasteiger partial charge in [-0.25, -0.2) is 4.79 Å². The van der Waals surface area contributed by atoms with E-state index in [2.05, 4.69) is 15.8 Å². The summed E-state index contributed by atoms with van der Waals surface area (Å²) in [7, 11) is 0. The lowest BCUT2D eigenvalue weighted by molar-refractivity contribution is -0.115. The van der Waals surface area contributed by atoms with Crippen LogP contribution in [0.4, 0.5) is 4.79 Å².